The maximum absolute atomic E-state index is 13.6. The van der Waals surface area contributed by atoms with Crippen LogP contribution < -0.4 is 4.74 Å². The average molecular weight is 273 g/mol. The lowest BCUT2D eigenvalue weighted by molar-refractivity contribution is 0.0520. The van der Waals surface area contributed by atoms with Gasteiger partial charge >= 0.3 is 5.97 Å². The van der Waals surface area contributed by atoms with Crippen LogP contribution >= 0.6 is 11.6 Å². The van der Waals surface area contributed by atoms with Crippen molar-refractivity contribution in [1.29, 1.82) is 0 Å². The Morgan fingerprint density at radius 2 is 2.33 bits per heavy atom. The molecule has 0 saturated heterocycles. The largest absolute Gasteiger partial charge is 0.492 e. The third-order valence-corrected chi connectivity index (χ3v) is 2.90. The van der Waals surface area contributed by atoms with Crippen LogP contribution in [0.1, 0.15) is 34.1 Å². The van der Waals surface area contributed by atoms with Crippen LogP contribution in [0.2, 0.25) is 5.02 Å². The number of halogens is 2. The van der Waals surface area contributed by atoms with Crippen molar-refractivity contribution in [2.24, 2.45) is 0 Å². The maximum Gasteiger partial charge on any atom is 0.340 e. The van der Waals surface area contributed by atoms with Crippen LogP contribution in [0.25, 0.3) is 0 Å². The fourth-order valence-electron chi connectivity index (χ4n) is 1.77. The SMILES string of the molecule is CCOC(=O)c1c(Cl)c(F)cc2c1C(=O)CCO2. The fourth-order valence-corrected chi connectivity index (χ4v) is 1.99. The van der Waals surface area contributed by atoms with Gasteiger partial charge in [0, 0.05) is 12.5 Å². The Morgan fingerprint density at radius 3 is 3.00 bits per heavy atom. The number of carbonyl (C=O) groups is 2. The normalized spacial score (nSPS) is 13.8. The summed E-state index contributed by atoms with van der Waals surface area (Å²) >= 11 is 5.74. The minimum Gasteiger partial charge on any atom is -0.492 e. The van der Waals surface area contributed by atoms with Gasteiger partial charge in [0.2, 0.25) is 0 Å². The van der Waals surface area contributed by atoms with E-state index in [1.54, 1.807) is 6.92 Å². The highest BCUT2D eigenvalue weighted by molar-refractivity contribution is 6.35. The number of benzene rings is 1. The van der Waals surface area contributed by atoms with Gasteiger partial charge in [-0.2, -0.15) is 0 Å². The molecule has 0 fully saturated rings. The highest BCUT2D eigenvalue weighted by Crippen LogP contribution is 2.35. The molecule has 0 bridgehead atoms. The average Bonchev–Trinajstić information content (AvgIpc) is 2.32. The summed E-state index contributed by atoms with van der Waals surface area (Å²) in [6.07, 6.45) is 0.126. The Labute approximate surface area is 108 Å². The van der Waals surface area contributed by atoms with Crippen LogP contribution in [0.5, 0.6) is 5.75 Å². The minimum atomic E-state index is -0.822. The van der Waals surface area contributed by atoms with E-state index in [9.17, 15) is 14.0 Å². The summed E-state index contributed by atoms with van der Waals surface area (Å²) in [4.78, 5) is 23.6. The first-order chi connectivity index (χ1) is 8.56. The second-order valence-electron chi connectivity index (χ2n) is 3.66. The summed E-state index contributed by atoms with van der Waals surface area (Å²) in [6.45, 7) is 1.88. The van der Waals surface area contributed by atoms with Crippen LogP contribution in [0.15, 0.2) is 6.07 Å². The number of hydrogen-bond acceptors (Lipinski definition) is 4. The molecule has 0 atom stereocenters. The molecular formula is C12H10ClFO4. The molecule has 0 unspecified atom stereocenters. The van der Waals surface area contributed by atoms with E-state index in [0.29, 0.717) is 0 Å². The molecule has 1 aromatic rings. The van der Waals surface area contributed by atoms with Gasteiger partial charge in [-0.25, -0.2) is 9.18 Å². The summed E-state index contributed by atoms with van der Waals surface area (Å²) in [7, 11) is 0. The van der Waals surface area contributed by atoms with E-state index in [1.807, 2.05) is 0 Å². The monoisotopic (exact) mass is 272 g/mol. The summed E-state index contributed by atoms with van der Waals surface area (Å²) in [5.74, 6) is -1.90. The molecule has 6 heteroatoms. The number of esters is 1. The van der Waals surface area contributed by atoms with Crippen molar-refractivity contribution >= 4 is 23.4 Å². The Kier molecular flexibility index (Phi) is 3.52. The van der Waals surface area contributed by atoms with Crippen molar-refractivity contribution in [1.82, 2.24) is 0 Å². The summed E-state index contributed by atoms with van der Waals surface area (Å²) in [5, 5.41) is -0.411. The number of ketones is 1. The number of ether oxygens (including phenoxy) is 2. The Balaban J connectivity index is 2.65. The quantitative estimate of drug-likeness (QED) is 0.777. The molecule has 0 aromatic heterocycles. The zero-order valence-corrected chi connectivity index (χ0v) is 10.3. The molecule has 1 aromatic carbocycles. The van der Waals surface area contributed by atoms with Gasteiger partial charge in [0.25, 0.3) is 0 Å². The van der Waals surface area contributed by atoms with Crippen molar-refractivity contribution < 1.29 is 23.5 Å². The third-order valence-electron chi connectivity index (χ3n) is 2.53. The summed E-state index contributed by atoms with van der Waals surface area (Å²) in [5.41, 5.74) is -0.246. The smallest absolute Gasteiger partial charge is 0.340 e. The number of carbonyl (C=O) groups excluding carboxylic acids is 2. The first kappa shape index (κ1) is 12.8. The number of Topliss-reactive ketones (excluding diaryl/α,β-unsaturated/α-hetero) is 1. The highest BCUT2D eigenvalue weighted by Gasteiger charge is 2.30. The predicted molar refractivity (Wildman–Crippen MR) is 61.8 cm³/mol. The standard InChI is InChI=1S/C12H10ClFO4/c1-2-17-12(16)10-9-7(15)3-4-18-8(9)5-6(14)11(10)13/h5H,2-4H2,1H3. The number of rotatable bonds is 2. The zero-order valence-electron chi connectivity index (χ0n) is 9.59. The summed E-state index contributed by atoms with van der Waals surface area (Å²) in [6, 6.07) is 1.01. The molecule has 4 nitrogen and oxygen atoms in total. The van der Waals surface area contributed by atoms with Crippen molar-refractivity contribution in [2.75, 3.05) is 13.2 Å². The molecule has 0 amide bonds. The number of fused-ring (bicyclic) bond motifs is 1. The van der Waals surface area contributed by atoms with Crippen LogP contribution in [0.4, 0.5) is 4.39 Å². The molecule has 1 aliphatic rings. The topological polar surface area (TPSA) is 52.6 Å². The Bertz CT molecular complexity index is 527. The molecule has 2 rings (SSSR count). The van der Waals surface area contributed by atoms with Crippen molar-refractivity contribution in [3.63, 3.8) is 0 Å². The lowest BCUT2D eigenvalue weighted by Crippen LogP contribution is -2.21. The van der Waals surface area contributed by atoms with Gasteiger partial charge in [0.05, 0.1) is 29.4 Å². The van der Waals surface area contributed by atoms with Gasteiger partial charge < -0.3 is 9.47 Å². The van der Waals surface area contributed by atoms with Gasteiger partial charge in [-0.15, -0.1) is 0 Å². The molecule has 0 saturated carbocycles. The Morgan fingerprint density at radius 1 is 1.61 bits per heavy atom. The van der Waals surface area contributed by atoms with Crippen molar-refractivity contribution in [3.8, 4) is 5.75 Å². The van der Waals surface area contributed by atoms with E-state index in [-0.39, 0.29) is 42.3 Å². The molecule has 0 spiro atoms. The molecule has 18 heavy (non-hydrogen) atoms. The van der Waals surface area contributed by atoms with E-state index in [1.165, 1.54) is 0 Å². The fraction of sp³-hybridized carbons (Fsp3) is 0.333. The minimum absolute atomic E-state index is 0.00565. The van der Waals surface area contributed by atoms with E-state index in [4.69, 9.17) is 21.1 Å². The van der Waals surface area contributed by atoms with Gasteiger partial charge in [0.1, 0.15) is 11.6 Å². The summed E-state index contributed by atoms with van der Waals surface area (Å²) < 4.78 is 23.5. The number of hydrogen-bond donors (Lipinski definition) is 0. The molecular weight excluding hydrogens is 263 g/mol. The van der Waals surface area contributed by atoms with Crippen molar-refractivity contribution in [3.05, 3.63) is 28.0 Å². The predicted octanol–water partition coefficient (Wildman–Crippen LogP) is 2.62. The van der Waals surface area contributed by atoms with E-state index in [2.05, 4.69) is 0 Å². The molecule has 0 N–H and O–H groups in total. The Hall–Kier alpha value is -1.62. The molecule has 0 aliphatic carbocycles. The third kappa shape index (κ3) is 2.06. The zero-order chi connectivity index (χ0) is 13.3. The first-order valence-corrected chi connectivity index (χ1v) is 5.79. The molecule has 96 valence electrons. The van der Waals surface area contributed by atoms with Crippen molar-refractivity contribution in [2.45, 2.75) is 13.3 Å². The van der Waals surface area contributed by atoms with Gasteiger partial charge in [-0.1, -0.05) is 11.6 Å². The second kappa shape index (κ2) is 4.94. The molecule has 0 radical (unpaired) electrons. The van der Waals surface area contributed by atoms with Gasteiger partial charge in [0.15, 0.2) is 5.78 Å². The van der Waals surface area contributed by atoms with E-state index >= 15 is 0 Å². The van der Waals surface area contributed by atoms with Gasteiger partial charge in [-0.3, -0.25) is 4.79 Å². The van der Waals surface area contributed by atoms with Crippen LogP contribution in [-0.4, -0.2) is 25.0 Å². The van der Waals surface area contributed by atoms with Crippen LogP contribution in [0.3, 0.4) is 0 Å². The lowest BCUT2D eigenvalue weighted by atomic mass is 9.98. The van der Waals surface area contributed by atoms with Crippen LogP contribution in [-0.2, 0) is 4.74 Å². The first-order valence-electron chi connectivity index (χ1n) is 5.41. The van der Waals surface area contributed by atoms with E-state index < -0.39 is 16.8 Å². The van der Waals surface area contributed by atoms with Gasteiger partial charge in [-0.05, 0) is 6.92 Å². The molecule has 1 aliphatic heterocycles. The molecule has 1 heterocycles. The van der Waals surface area contributed by atoms with E-state index in [0.717, 1.165) is 6.07 Å². The second-order valence-corrected chi connectivity index (χ2v) is 4.04. The highest BCUT2D eigenvalue weighted by atomic mass is 35.5. The maximum atomic E-state index is 13.6. The lowest BCUT2D eigenvalue weighted by Gasteiger charge is -2.19. The van der Waals surface area contributed by atoms with Crippen LogP contribution in [0, 0.1) is 5.82 Å².